The van der Waals surface area contributed by atoms with E-state index in [9.17, 15) is 9.90 Å². The topological polar surface area (TPSA) is 70.6 Å². The number of carbonyl (C=O) groups is 1. The molecule has 0 saturated heterocycles. The van der Waals surface area contributed by atoms with E-state index >= 15 is 0 Å². The average Bonchev–Trinajstić information content (AvgIpc) is 2.40. The van der Waals surface area contributed by atoms with Gasteiger partial charge in [-0.3, -0.25) is 4.79 Å². The first-order valence-electron chi connectivity index (χ1n) is 6.97. The second kappa shape index (κ2) is 9.73. The van der Waals surface area contributed by atoms with E-state index in [1.54, 1.807) is 12.1 Å². The molecule has 0 aromatic heterocycles. The predicted molar refractivity (Wildman–Crippen MR) is 83.3 cm³/mol. The third-order valence-electron chi connectivity index (χ3n) is 2.61. The van der Waals surface area contributed by atoms with E-state index in [4.69, 9.17) is 16.3 Å². The maximum atomic E-state index is 11.4. The summed E-state index contributed by atoms with van der Waals surface area (Å²) < 4.78 is 5.41. The highest BCUT2D eigenvalue weighted by atomic mass is 35.5. The van der Waals surface area contributed by atoms with Crippen molar-refractivity contribution < 1.29 is 14.6 Å². The van der Waals surface area contributed by atoms with Crippen LogP contribution in [-0.2, 0) is 16.1 Å². The van der Waals surface area contributed by atoms with Crippen molar-refractivity contribution in [2.24, 2.45) is 0 Å². The van der Waals surface area contributed by atoms with Crippen LogP contribution >= 0.6 is 11.6 Å². The van der Waals surface area contributed by atoms with E-state index in [1.165, 1.54) is 0 Å². The highest BCUT2D eigenvalue weighted by Crippen LogP contribution is 2.10. The average molecular weight is 315 g/mol. The standard InChI is InChI=1S/C15H23ClN2O3/c1-11(2)18-15(20)8-17-7-14(19)10-21-9-12-3-5-13(16)6-4-12/h3-6,11,14,17,19H,7-10H2,1-2H3,(H,18,20). The fraction of sp³-hybridized carbons (Fsp3) is 0.533. The summed E-state index contributed by atoms with van der Waals surface area (Å²) in [7, 11) is 0. The molecule has 0 spiro atoms. The highest BCUT2D eigenvalue weighted by Gasteiger charge is 2.07. The maximum absolute atomic E-state index is 11.4. The number of aliphatic hydroxyl groups excluding tert-OH is 1. The molecule has 118 valence electrons. The molecule has 0 saturated carbocycles. The number of amides is 1. The first-order valence-corrected chi connectivity index (χ1v) is 7.35. The van der Waals surface area contributed by atoms with Gasteiger partial charge in [0.05, 0.1) is 25.9 Å². The lowest BCUT2D eigenvalue weighted by Gasteiger charge is -2.13. The van der Waals surface area contributed by atoms with Gasteiger partial charge >= 0.3 is 0 Å². The number of hydrogen-bond donors (Lipinski definition) is 3. The van der Waals surface area contributed by atoms with Crippen LogP contribution in [0.15, 0.2) is 24.3 Å². The molecule has 1 aromatic rings. The summed E-state index contributed by atoms with van der Waals surface area (Å²) in [6.45, 7) is 4.93. The molecule has 1 aromatic carbocycles. The molecule has 1 amide bonds. The van der Waals surface area contributed by atoms with Gasteiger partial charge in [-0.15, -0.1) is 0 Å². The van der Waals surface area contributed by atoms with E-state index in [2.05, 4.69) is 10.6 Å². The van der Waals surface area contributed by atoms with Crippen molar-refractivity contribution in [2.45, 2.75) is 32.6 Å². The molecule has 1 rings (SSSR count). The number of rotatable bonds is 9. The molecule has 0 fully saturated rings. The largest absolute Gasteiger partial charge is 0.389 e. The maximum Gasteiger partial charge on any atom is 0.234 e. The van der Waals surface area contributed by atoms with Crippen LogP contribution in [0.25, 0.3) is 0 Å². The van der Waals surface area contributed by atoms with E-state index in [0.717, 1.165) is 5.56 Å². The van der Waals surface area contributed by atoms with Gasteiger partial charge in [0, 0.05) is 17.6 Å². The Morgan fingerprint density at radius 2 is 2.00 bits per heavy atom. The number of carbonyl (C=O) groups excluding carboxylic acids is 1. The second-order valence-corrected chi connectivity index (χ2v) is 5.58. The molecule has 3 N–H and O–H groups in total. The van der Waals surface area contributed by atoms with E-state index in [0.29, 0.717) is 18.2 Å². The smallest absolute Gasteiger partial charge is 0.234 e. The van der Waals surface area contributed by atoms with Crippen molar-refractivity contribution in [3.63, 3.8) is 0 Å². The molecule has 0 bridgehead atoms. The lowest BCUT2D eigenvalue weighted by molar-refractivity contribution is -0.120. The monoisotopic (exact) mass is 314 g/mol. The Bertz CT molecular complexity index is 423. The lowest BCUT2D eigenvalue weighted by atomic mass is 10.2. The Morgan fingerprint density at radius 1 is 1.33 bits per heavy atom. The summed E-state index contributed by atoms with van der Waals surface area (Å²) in [5, 5.41) is 16.1. The van der Waals surface area contributed by atoms with Crippen LogP contribution in [0.3, 0.4) is 0 Å². The fourth-order valence-electron chi connectivity index (χ4n) is 1.68. The summed E-state index contributed by atoms with van der Waals surface area (Å²) in [6.07, 6.45) is -0.649. The summed E-state index contributed by atoms with van der Waals surface area (Å²) >= 11 is 5.79. The van der Waals surface area contributed by atoms with Crippen molar-refractivity contribution in [1.29, 1.82) is 0 Å². The first kappa shape index (κ1) is 17.9. The number of nitrogens with one attached hydrogen (secondary N) is 2. The quantitative estimate of drug-likeness (QED) is 0.643. The molecule has 0 aliphatic carbocycles. The zero-order valence-electron chi connectivity index (χ0n) is 12.4. The molecule has 5 nitrogen and oxygen atoms in total. The molecular formula is C15H23ClN2O3. The van der Waals surface area contributed by atoms with Gasteiger partial charge in [0.25, 0.3) is 0 Å². The zero-order chi connectivity index (χ0) is 15.7. The van der Waals surface area contributed by atoms with Crippen LogP contribution in [0.5, 0.6) is 0 Å². The van der Waals surface area contributed by atoms with Gasteiger partial charge < -0.3 is 20.5 Å². The van der Waals surface area contributed by atoms with E-state index in [-0.39, 0.29) is 25.1 Å². The van der Waals surface area contributed by atoms with Crippen LogP contribution in [0.4, 0.5) is 0 Å². The summed E-state index contributed by atoms with van der Waals surface area (Å²) in [5.41, 5.74) is 0.996. The van der Waals surface area contributed by atoms with E-state index in [1.807, 2.05) is 26.0 Å². The third-order valence-corrected chi connectivity index (χ3v) is 2.86. The van der Waals surface area contributed by atoms with Crippen LogP contribution in [0.1, 0.15) is 19.4 Å². The molecule has 0 aliphatic heterocycles. The molecule has 21 heavy (non-hydrogen) atoms. The van der Waals surface area contributed by atoms with Gasteiger partial charge in [-0.2, -0.15) is 0 Å². The Hall–Kier alpha value is -1.14. The predicted octanol–water partition coefficient (Wildman–Crippen LogP) is 1.33. The third kappa shape index (κ3) is 8.67. The van der Waals surface area contributed by atoms with Gasteiger partial charge in [0.15, 0.2) is 0 Å². The van der Waals surface area contributed by atoms with Crippen molar-refractivity contribution in [3.8, 4) is 0 Å². The molecule has 0 radical (unpaired) electrons. The second-order valence-electron chi connectivity index (χ2n) is 5.15. The van der Waals surface area contributed by atoms with Gasteiger partial charge in [-0.05, 0) is 31.5 Å². The minimum absolute atomic E-state index is 0.0840. The summed E-state index contributed by atoms with van der Waals surface area (Å²) in [6, 6.07) is 7.47. The SMILES string of the molecule is CC(C)NC(=O)CNCC(O)COCc1ccc(Cl)cc1. The first-order chi connectivity index (χ1) is 9.97. The van der Waals surface area contributed by atoms with Crippen molar-refractivity contribution in [1.82, 2.24) is 10.6 Å². The molecule has 0 heterocycles. The Labute approximate surface area is 130 Å². The normalized spacial score (nSPS) is 12.4. The van der Waals surface area contributed by atoms with Crippen LogP contribution in [0, 0.1) is 0 Å². The number of benzene rings is 1. The van der Waals surface area contributed by atoms with Crippen LogP contribution in [0.2, 0.25) is 5.02 Å². The Balaban J connectivity index is 2.09. The molecule has 1 unspecified atom stereocenters. The number of hydrogen-bond acceptors (Lipinski definition) is 4. The van der Waals surface area contributed by atoms with Crippen LogP contribution in [-0.4, -0.2) is 42.9 Å². The minimum Gasteiger partial charge on any atom is -0.389 e. The lowest BCUT2D eigenvalue weighted by Crippen LogP contribution is -2.40. The zero-order valence-corrected chi connectivity index (χ0v) is 13.2. The van der Waals surface area contributed by atoms with Crippen LogP contribution < -0.4 is 10.6 Å². The van der Waals surface area contributed by atoms with Gasteiger partial charge in [0.1, 0.15) is 0 Å². The molecule has 1 atom stereocenters. The van der Waals surface area contributed by atoms with Crippen molar-refractivity contribution in [2.75, 3.05) is 19.7 Å². The Morgan fingerprint density at radius 3 is 2.62 bits per heavy atom. The van der Waals surface area contributed by atoms with Crippen molar-refractivity contribution in [3.05, 3.63) is 34.9 Å². The van der Waals surface area contributed by atoms with Gasteiger partial charge in [-0.1, -0.05) is 23.7 Å². The molecule has 0 aliphatic rings. The Kier molecular flexibility index (Phi) is 8.30. The van der Waals surface area contributed by atoms with Crippen molar-refractivity contribution >= 4 is 17.5 Å². The fourth-order valence-corrected chi connectivity index (χ4v) is 1.80. The summed E-state index contributed by atoms with van der Waals surface area (Å²) in [5.74, 6) is -0.0840. The molecular weight excluding hydrogens is 292 g/mol. The number of halogens is 1. The van der Waals surface area contributed by atoms with Gasteiger partial charge in [0.2, 0.25) is 5.91 Å². The highest BCUT2D eigenvalue weighted by molar-refractivity contribution is 6.30. The number of aliphatic hydroxyl groups is 1. The molecule has 6 heteroatoms. The minimum atomic E-state index is -0.649. The number of ether oxygens (including phenoxy) is 1. The van der Waals surface area contributed by atoms with E-state index < -0.39 is 6.10 Å². The summed E-state index contributed by atoms with van der Waals surface area (Å²) in [4.78, 5) is 11.4. The van der Waals surface area contributed by atoms with Gasteiger partial charge in [-0.25, -0.2) is 0 Å².